The fourth-order valence-corrected chi connectivity index (χ4v) is 4.34. The highest BCUT2D eigenvalue weighted by Crippen LogP contribution is 2.30. The highest BCUT2D eigenvalue weighted by Gasteiger charge is 2.32. The second-order valence-electron chi connectivity index (χ2n) is 7.95. The first-order valence-corrected chi connectivity index (χ1v) is 10.2. The van der Waals surface area contributed by atoms with Gasteiger partial charge in [0.1, 0.15) is 6.17 Å². The first-order chi connectivity index (χ1) is 14.5. The number of amides is 1. The van der Waals surface area contributed by atoms with E-state index in [2.05, 4.69) is 28.9 Å². The Morgan fingerprint density at radius 2 is 2.03 bits per heavy atom. The van der Waals surface area contributed by atoms with Crippen LogP contribution in [0.25, 0.3) is 17.0 Å². The number of nitrogens with one attached hydrogen (secondary N) is 2. The third-order valence-electron chi connectivity index (χ3n) is 5.85. The lowest BCUT2D eigenvalue weighted by molar-refractivity contribution is -0.124. The predicted octanol–water partition coefficient (Wildman–Crippen LogP) is 4.15. The number of alkyl halides is 1. The minimum Gasteiger partial charge on any atom is -0.358 e. The van der Waals surface area contributed by atoms with E-state index in [1.165, 1.54) is 17.0 Å². The molecule has 4 rings (SSSR count). The van der Waals surface area contributed by atoms with Crippen LogP contribution in [0.5, 0.6) is 0 Å². The van der Waals surface area contributed by atoms with Crippen molar-refractivity contribution in [2.75, 3.05) is 6.54 Å². The zero-order chi connectivity index (χ0) is 21.1. The molecule has 1 aliphatic rings. The lowest BCUT2D eigenvalue weighted by Crippen LogP contribution is -2.31. The molecule has 0 aliphatic carbocycles. The van der Waals surface area contributed by atoms with Crippen LogP contribution in [0.3, 0.4) is 0 Å². The number of hydroxylamine groups is 1. The Labute approximate surface area is 175 Å². The zero-order valence-corrected chi connectivity index (χ0v) is 16.9. The van der Waals surface area contributed by atoms with Gasteiger partial charge in [-0.25, -0.2) is 9.87 Å². The van der Waals surface area contributed by atoms with Crippen molar-refractivity contribution in [3.8, 4) is 0 Å². The summed E-state index contributed by atoms with van der Waals surface area (Å²) in [5.74, 6) is -0.569. The van der Waals surface area contributed by atoms with Crippen molar-refractivity contribution in [3.05, 3.63) is 77.0 Å². The van der Waals surface area contributed by atoms with E-state index < -0.39 is 12.1 Å². The first-order valence-electron chi connectivity index (χ1n) is 10.2. The molecule has 0 bridgehead atoms. The number of hydrogen-bond donors (Lipinski definition) is 3. The SMILES string of the molecule is Cc1[nH]c2ccccc2c1C[C@H]1CC(F)CN1Cc1ccc(C=CC(=O)NO)cc1. The number of fused-ring (bicyclic) bond motifs is 1. The van der Waals surface area contributed by atoms with Crippen LogP contribution in [0.15, 0.2) is 54.6 Å². The standard InChI is InChI=1S/C24H26FN3O2/c1-16-22(21-4-2-3-5-23(21)26-16)13-20-12-19(25)15-28(20)14-18-8-6-17(7-9-18)10-11-24(29)27-30/h2-11,19-20,26,30H,12-15H2,1H3,(H,27,29)/t19?,20-/m1/s1. The molecular weight excluding hydrogens is 381 g/mol. The monoisotopic (exact) mass is 407 g/mol. The maximum Gasteiger partial charge on any atom is 0.267 e. The molecule has 0 saturated carbocycles. The molecular formula is C24H26FN3O2. The lowest BCUT2D eigenvalue weighted by Gasteiger charge is -2.24. The molecule has 1 aromatic heterocycles. The molecule has 2 atom stereocenters. The molecule has 1 aliphatic heterocycles. The second-order valence-corrected chi connectivity index (χ2v) is 7.95. The van der Waals surface area contributed by atoms with E-state index in [0.29, 0.717) is 19.5 Å². The maximum atomic E-state index is 14.3. The molecule has 5 nitrogen and oxygen atoms in total. The van der Waals surface area contributed by atoms with Crippen molar-refractivity contribution in [2.24, 2.45) is 0 Å². The maximum absolute atomic E-state index is 14.3. The van der Waals surface area contributed by atoms with Gasteiger partial charge in [-0.15, -0.1) is 0 Å². The van der Waals surface area contributed by atoms with Crippen molar-refractivity contribution in [2.45, 2.75) is 38.5 Å². The van der Waals surface area contributed by atoms with E-state index in [4.69, 9.17) is 5.21 Å². The topological polar surface area (TPSA) is 68.4 Å². The van der Waals surface area contributed by atoms with Crippen LogP contribution in [0.2, 0.25) is 0 Å². The quantitative estimate of drug-likeness (QED) is 0.327. The largest absolute Gasteiger partial charge is 0.358 e. The molecule has 3 N–H and O–H groups in total. The van der Waals surface area contributed by atoms with E-state index >= 15 is 0 Å². The number of nitrogens with zero attached hydrogens (tertiary/aromatic N) is 1. The molecule has 0 spiro atoms. The molecule has 3 aromatic rings. The van der Waals surface area contributed by atoms with Crippen LogP contribution in [0.1, 0.15) is 28.8 Å². The van der Waals surface area contributed by atoms with Crippen LogP contribution in [-0.4, -0.2) is 39.8 Å². The third kappa shape index (κ3) is 4.45. The lowest BCUT2D eigenvalue weighted by atomic mass is 10.0. The Morgan fingerprint density at radius 3 is 2.80 bits per heavy atom. The van der Waals surface area contributed by atoms with Gasteiger partial charge in [0.05, 0.1) is 0 Å². The summed E-state index contributed by atoms with van der Waals surface area (Å²) < 4.78 is 14.3. The number of hydrogen-bond acceptors (Lipinski definition) is 3. The molecule has 0 radical (unpaired) electrons. The van der Waals surface area contributed by atoms with E-state index in [-0.39, 0.29) is 6.04 Å². The molecule has 6 heteroatoms. The highest BCUT2D eigenvalue weighted by atomic mass is 19.1. The Balaban J connectivity index is 1.47. The molecule has 1 unspecified atom stereocenters. The average molecular weight is 407 g/mol. The second kappa shape index (κ2) is 8.81. The number of aryl methyl sites for hydroxylation is 1. The Kier molecular flexibility index (Phi) is 5.97. The van der Waals surface area contributed by atoms with Crippen molar-refractivity contribution >= 4 is 22.9 Å². The van der Waals surface area contributed by atoms with Gasteiger partial charge >= 0.3 is 0 Å². The third-order valence-corrected chi connectivity index (χ3v) is 5.85. The van der Waals surface area contributed by atoms with Gasteiger partial charge in [0.2, 0.25) is 0 Å². The normalized spacial score (nSPS) is 19.7. The molecule has 1 saturated heterocycles. The number of likely N-dealkylation sites (tertiary alicyclic amines) is 1. The number of aromatic amines is 1. The number of benzene rings is 2. The molecule has 2 aromatic carbocycles. The molecule has 2 heterocycles. The minimum atomic E-state index is -0.806. The smallest absolute Gasteiger partial charge is 0.267 e. The fraction of sp³-hybridized carbons (Fsp3) is 0.292. The van der Waals surface area contributed by atoms with E-state index in [9.17, 15) is 9.18 Å². The Morgan fingerprint density at radius 1 is 1.27 bits per heavy atom. The average Bonchev–Trinajstić information content (AvgIpc) is 3.26. The minimum absolute atomic E-state index is 0.158. The number of aromatic nitrogens is 1. The highest BCUT2D eigenvalue weighted by molar-refractivity contribution is 5.90. The van der Waals surface area contributed by atoms with Gasteiger partial charge in [-0.05, 0) is 48.6 Å². The zero-order valence-electron chi connectivity index (χ0n) is 16.9. The number of carbonyl (C=O) groups is 1. The van der Waals surface area contributed by atoms with E-state index in [0.717, 1.165) is 28.8 Å². The summed E-state index contributed by atoms with van der Waals surface area (Å²) in [6.07, 6.45) is 3.47. The number of carbonyl (C=O) groups excluding carboxylic acids is 1. The Hall–Kier alpha value is -2.96. The summed E-state index contributed by atoms with van der Waals surface area (Å²) in [6.45, 7) is 3.23. The van der Waals surface area contributed by atoms with Crippen molar-refractivity contribution in [1.29, 1.82) is 0 Å². The molecule has 1 amide bonds. The van der Waals surface area contributed by atoms with Gasteiger partial charge in [0.15, 0.2) is 0 Å². The molecule has 30 heavy (non-hydrogen) atoms. The van der Waals surface area contributed by atoms with Crippen LogP contribution in [0, 0.1) is 6.92 Å². The van der Waals surface area contributed by atoms with Gasteiger partial charge < -0.3 is 4.98 Å². The van der Waals surface area contributed by atoms with Crippen LogP contribution < -0.4 is 5.48 Å². The predicted molar refractivity (Wildman–Crippen MR) is 116 cm³/mol. The Bertz CT molecular complexity index is 1060. The summed E-state index contributed by atoms with van der Waals surface area (Å²) in [6, 6.07) is 16.3. The first kappa shape index (κ1) is 20.3. The number of rotatable bonds is 6. The number of H-pyrrole nitrogens is 1. The van der Waals surface area contributed by atoms with Crippen molar-refractivity contribution in [3.63, 3.8) is 0 Å². The van der Waals surface area contributed by atoms with Gasteiger partial charge in [0.25, 0.3) is 5.91 Å². The van der Waals surface area contributed by atoms with Crippen molar-refractivity contribution < 1.29 is 14.4 Å². The number of halogens is 1. The van der Waals surface area contributed by atoms with Gasteiger partial charge in [-0.1, -0.05) is 42.5 Å². The van der Waals surface area contributed by atoms with Gasteiger partial charge in [-0.2, -0.15) is 0 Å². The summed E-state index contributed by atoms with van der Waals surface area (Å²) >= 11 is 0. The van der Waals surface area contributed by atoms with E-state index in [1.807, 2.05) is 36.4 Å². The summed E-state index contributed by atoms with van der Waals surface area (Å²) in [7, 11) is 0. The van der Waals surface area contributed by atoms with Gasteiger partial charge in [-0.3, -0.25) is 14.9 Å². The molecule has 1 fully saturated rings. The van der Waals surface area contributed by atoms with Crippen molar-refractivity contribution in [1.82, 2.24) is 15.4 Å². The van der Waals surface area contributed by atoms with E-state index in [1.54, 1.807) is 11.6 Å². The summed E-state index contributed by atoms with van der Waals surface area (Å²) in [4.78, 5) is 16.8. The van der Waals surface area contributed by atoms with Crippen LogP contribution >= 0.6 is 0 Å². The summed E-state index contributed by atoms with van der Waals surface area (Å²) in [5, 5.41) is 9.76. The van der Waals surface area contributed by atoms with Gasteiger partial charge in [0, 0.05) is 41.8 Å². The fourth-order valence-electron chi connectivity index (χ4n) is 4.34. The molecule has 156 valence electrons. The number of para-hydroxylation sites is 1. The van der Waals surface area contributed by atoms with Crippen LogP contribution in [-0.2, 0) is 17.8 Å². The van der Waals surface area contributed by atoms with Crippen LogP contribution in [0.4, 0.5) is 4.39 Å². The summed E-state index contributed by atoms with van der Waals surface area (Å²) in [5.41, 5.74) is 7.09.